The first-order valence-electron chi connectivity index (χ1n) is 9.79. The predicted molar refractivity (Wildman–Crippen MR) is 112 cm³/mol. The normalized spacial score (nSPS) is 14.3. The second-order valence-electron chi connectivity index (χ2n) is 6.84. The molecule has 1 fully saturated rings. The van der Waals surface area contributed by atoms with Crippen molar-refractivity contribution >= 4 is 23.4 Å². The zero-order valence-electron chi connectivity index (χ0n) is 17.0. The van der Waals surface area contributed by atoms with E-state index in [1.807, 2.05) is 6.92 Å². The molecule has 0 spiro atoms. The minimum Gasteiger partial charge on any atom is -0.493 e. The van der Waals surface area contributed by atoms with Crippen molar-refractivity contribution in [2.24, 2.45) is 0 Å². The Labute approximate surface area is 180 Å². The van der Waals surface area contributed by atoms with Crippen LogP contribution in [-0.2, 0) is 0 Å². The first-order valence-corrected chi connectivity index (χ1v) is 10.2. The Hall–Kier alpha value is -2.80. The lowest BCUT2D eigenvalue weighted by Crippen LogP contribution is -2.37. The molecular formula is C22H24ClFN2O4. The van der Waals surface area contributed by atoms with Gasteiger partial charge in [0.15, 0.2) is 11.5 Å². The van der Waals surface area contributed by atoms with Gasteiger partial charge in [-0.25, -0.2) is 4.39 Å². The fourth-order valence-corrected chi connectivity index (χ4v) is 3.70. The molecule has 0 N–H and O–H groups in total. The number of hydrogen-bond donors (Lipinski definition) is 0. The zero-order valence-corrected chi connectivity index (χ0v) is 17.7. The van der Waals surface area contributed by atoms with Gasteiger partial charge >= 0.3 is 0 Å². The highest BCUT2D eigenvalue weighted by molar-refractivity contribution is 6.32. The van der Waals surface area contributed by atoms with E-state index in [1.165, 1.54) is 19.2 Å². The third kappa shape index (κ3) is 4.67. The summed E-state index contributed by atoms with van der Waals surface area (Å²) in [6, 6.07) is 9.08. The van der Waals surface area contributed by atoms with Crippen molar-refractivity contribution in [1.29, 1.82) is 0 Å². The van der Waals surface area contributed by atoms with E-state index in [4.69, 9.17) is 21.1 Å². The van der Waals surface area contributed by atoms with E-state index in [9.17, 15) is 14.0 Å². The van der Waals surface area contributed by atoms with E-state index in [0.29, 0.717) is 61.3 Å². The molecule has 1 aliphatic heterocycles. The van der Waals surface area contributed by atoms with E-state index in [-0.39, 0.29) is 17.4 Å². The molecule has 8 heteroatoms. The average molecular weight is 435 g/mol. The number of amides is 2. The van der Waals surface area contributed by atoms with Crippen LogP contribution in [0.2, 0.25) is 5.02 Å². The van der Waals surface area contributed by atoms with Crippen LogP contribution in [0, 0.1) is 5.82 Å². The minimum absolute atomic E-state index is 0.0420. The van der Waals surface area contributed by atoms with Crippen LogP contribution in [0.25, 0.3) is 0 Å². The molecule has 0 aliphatic carbocycles. The van der Waals surface area contributed by atoms with E-state index < -0.39 is 5.82 Å². The van der Waals surface area contributed by atoms with Gasteiger partial charge in [-0.05, 0) is 37.6 Å². The maximum Gasteiger partial charge on any atom is 0.256 e. The Kier molecular flexibility index (Phi) is 7.15. The van der Waals surface area contributed by atoms with Gasteiger partial charge in [-0.1, -0.05) is 23.7 Å². The van der Waals surface area contributed by atoms with E-state index in [2.05, 4.69) is 0 Å². The van der Waals surface area contributed by atoms with Crippen molar-refractivity contribution in [2.45, 2.75) is 13.3 Å². The zero-order chi connectivity index (χ0) is 21.7. The summed E-state index contributed by atoms with van der Waals surface area (Å²) in [5, 5.41) is 0.297. The monoisotopic (exact) mass is 434 g/mol. The average Bonchev–Trinajstić information content (AvgIpc) is 3.00. The van der Waals surface area contributed by atoms with Crippen molar-refractivity contribution in [3.05, 3.63) is 58.4 Å². The molecule has 30 heavy (non-hydrogen) atoms. The Bertz CT molecular complexity index is 937. The summed E-state index contributed by atoms with van der Waals surface area (Å²) >= 11 is 6.29. The lowest BCUT2D eigenvalue weighted by molar-refractivity contribution is 0.0716. The lowest BCUT2D eigenvalue weighted by atomic mass is 10.1. The third-order valence-corrected chi connectivity index (χ3v) is 5.22. The van der Waals surface area contributed by atoms with Crippen LogP contribution in [-0.4, -0.2) is 61.5 Å². The van der Waals surface area contributed by atoms with Gasteiger partial charge < -0.3 is 19.3 Å². The lowest BCUT2D eigenvalue weighted by Gasteiger charge is -2.23. The van der Waals surface area contributed by atoms with Gasteiger partial charge in [-0.15, -0.1) is 0 Å². The maximum atomic E-state index is 14.0. The van der Waals surface area contributed by atoms with Crippen LogP contribution in [0.15, 0.2) is 36.4 Å². The summed E-state index contributed by atoms with van der Waals surface area (Å²) in [4.78, 5) is 29.0. The molecule has 2 amide bonds. The Morgan fingerprint density at radius 2 is 1.73 bits per heavy atom. The summed E-state index contributed by atoms with van der Waals surface area (Å²) in [7, 11) is 1.49. The van der Waals surface area contributed by atoms with Crippen molar-refractivity contribution < 1.29 is 23.5 Å². The highest BCUT2D eigenvalue weighted by atomic mass is 35.5. The molecule has 160 valence electrons. The Morgan fingerprint density at radius 3 is 2.37 bits per heavy atom. The minimum atomic E-state index is -0.546. The standard InChI is InChI=1S/C22H24ClFN2O4/c1-3-30-20-17(23)13-15(14-19(20)29-2)21(27)25-9-6-10-26(12-11-25)22(28)16-7-4-5-8-18(16)24/h4-5,7-8,13-14H,3,6,9-12H2,1-2H3. The van der Waals surface area contributed by atoms with Crippen molar-refractivity contribution in [3.8, 4) is 11.5 Å². The molecule has 2 aromatic carbocycles. The summed E-state index contributed by atoms with van der Waals surface area (Å²) in [6.07, 6.45) is 0.591. The number of nitrogens with zero attached hydrogens (tertiary/aromatic N) is 2. The van der Waals surface area contributed by atoms with Crippen LogP contribution < -0.4 is 9.47 Å². The molecule has 0 aromatic heterocycles. The van der Waals surface area contributed by atoms with Crippen LogP contribution in [0.3, 0.4) is 0 Å². The second kappa shape index (κ2) is 9.80. The molecule has 2 aromatic rings. The molecule has 0 atom stereocenters. The SMILES string of the molecule is CCOc1c(Cl)cc(C(=O)N2CCCN(C(=O)c3ccccc3F)CC2)cc1OC. The molecule has 1 saturated heterocycles. The number of methoxy groups -OCH3 is 1. The number of carbonyl (C=O) groups is 2. The fraction of sp³-hybridized carbons (Fsp3) is 0.364. The van der Waals surface area contributed by atoms with Gasteiger partial charge in [0.05, 0.1) is 24.3 Å². The van der Waals surface area contributed by atoms with Crippen LogP contribution in [0.4, 0.5) is 4.39 Å². The number of ether oxygens (including phenoxy) is 2. The number of hydrogen-bond acceptors (Lipinski definition) is 4. The molecule has 0 radical (unpaired) electrons. The molecule has 0 saturated carbocycles. The van der Waals surface area contributed by atoms with Crippen molar-refractivity contribution in [2.75, 3.05) is 39.9 Å². The first-order chi connectivity index (χ1) is 14.5. The summed E-state index contributed by atoms with van der Waals surface area (Å²) in [6.45, 7) is 3.84. The van der Waals surface area contributed by atoms with Crippen LogP contribution in [0.5, 0.6) is 11.5 Å². The highest BCUT2D eigenvalue weighted by Gasteiger charge is 2.26. The maximum absolute atomic E-state index is 14.0. The first kappa shape index (κ1) is 21.9. The van der Waals surface area contributed by atoms with Crippen molar-refractivity contribution in [3.63, 3.8) is 0 Å². The predicted octanol–water partition coefficient (Wildman–Crippen LogP) is 3.87. The van der Waals surface area contributed by atoms with E-state index in [0.717, 1.165) is 0 Å². The number of halogens is 2. The molecule has 6 nitrogen and oxygen atoms in total. The quantitative estimate of drug-likeness (QED) is 0.716. The van der Waals surface area contributed by atoms with Gasteiger partial charge in [-0.2, -0.15) is 0 Å². The van der Waals surface area contributed by atoms with Gasteiger partial charge in [0.25, 0.3) is 11.8 Å². The number of carbonyl (C=O) groups excluding carboxylic acids is 2. The molecular weight excluding hydrogens is 411 g/mol. The molecule has 1 aliphatic rings. The van der Waals surface area contributed by atoms with E-state index in [1.54, 1.807) is 34.1 Å². The fourth-order valence-electron chi connectivity index (χ4n) is 3.44. The van der Waals surface area contributed by atoms with Gasteiger partial charge in [0.2, 0.25) is 0 Å². The van der Waals surface area contributed by atoms with Crippen molar-refractivity contribution in [1.82, 2.24) is 9.80 Å². The number of benzene rings is 2. The van der Waals surface area contributed by atoms with Gasteiger partial charge in [0, 0.05) is 31.7 Å². The molecule has 1 heterocycles. The van der Waals surface area contributed by atoms with Gasteiger partial charge in [-0.3, -0.25) is 9.59 Å². The molecule has 0 bridgehead atoms. The van der Waals surface area contributed by atoms with Crippen LogP contribution in [0.1, 0.15) is 34.1 Å². The topological polar surface area (TPSA) is 59.1 Å². The largest absolute Gasteiger partial charge is 0.493 e. The summed E-state index contributed by atoms with van der Waals surface area (Å²) in [5.74, 6) is -0.336. The number of rotatable bonds is 5. The smallest absolute Gasteiger partial charge is 0.256 e. The van der Waals surface area contributed by atoms with E-state index >= 15 is 0 Å². The second-order valence-corrected chi connectivity index (χ2v) is 7.25. The summed E-state index contributed by atoms with van der Waals surface area (Å²) < 4.78 is 24.8. The molecule has 3 rings (SSSR count). The van der Waals surface area contributed by atoms with Crippen LogP contribution >= 0.6 is 11.6 Å². The molecule has 0 unspecified atom stereocenters. The third-order valence-electron chi connectivity index (χ3n) is 4.94. The summed E-state index contributed by atoms with van der Waals surface area (Å²) in [5.41, 5.74) is 0.425. The Balaban J connectivity index is 1.74. The Morgan fingerprint density at radius 1 is 1.07 bits per heavy atom. The van der Waals surface area contributed by atoms with Gasteiger partial charge in [0.1, 0.15) is 5.82 Å². The highest BCUT2D eigenvalue weighted by Crippen LogP contribution is 2.36.